The Morgan fingerprint density at radius 3 is 2.84 bits per heavy atom. The van der Waals surface area contributed by atoms with Gasteiger partial charge >= 0.3 is 0 Å². The van der Waals surface area contributed by atoms with Crippen molar-refractivity contribution >= 4 is 18.4 Å². The summed E-state index contributed by atoms with van der Waals surface area (Å²) in [6, 6.07) is 9.98. The van der Waals surface area contributed by atoms with Gasteiger partial charge in [-0.25, -0.2) is 4.98 Å². The maximum absolute atomic E-state index is 7.42. The molecule has 1 aliphatic heterocycles. The molecule has 2 aromatic rings. The molecule has 0 bridgehead atoms. The smallest absolute Gasteiger partial charge is 0.139 e. The predicted molar refractivity (Wildman–Crippen MR) is 75.8 cm³/mol. The third-order valence-corrected chi connectivity index (χ3v) is 3.21. The van der Waals surface area contributed by atoms with Crippen LogP contribution in [0, 0.1) is 5.41 Å². The Bertz CT molecular complexity index is 614. The molecule has 0 radical (unpaired) electrons. The predicted octanol–water partition coefficient (Wildman–Crippen LogP) is 2.16. The molecule has 1 N–H and O–H groups in total. The van der Waals surface area contributed by atoms with E-state index in [4.69, 9.17) is 5.41 Å². The van der Waals surface area contributed by atoms with Crippen molar-refractivity contribution in [3.05, 3.63) is 47.9 Å². The summed E-state index contributed by atoms with van der Waals surface area (Å²) in [5.41, 5.74) is 2.06. The average molecular weight is 253 g/mol. The lowest BCUT2D eigenvalue weighted by atomic mass is 10.1. The molecular formula is C14H15N5. The standard InChI is InChI=1S/C14H15N5/c1-18-9-17-13-12(7-15)16-10-19(14(13)18)8-11-5-3-2-4-6-11/h2-7,9-10,12,15H,8H2,1H3. The zero-order chi connectivity index (χ0) is 13.2. The first-order chi connectivity index (χ1) is 9.29. The first-order valence-corrected chi connectivity index (χ1v) is 6.15. The summed E-state index contributed by atoms with van der Waals surface area (Å²) in [7, 11) is 1.96. The molecule has 1 unspecified atom stereocenters. The van der Waals surface area contributed by atoms with Gasteiger partial charge in [0, 0.05) is 13.3 Å². The van der Waals surface area contributed by atoms with Crippen LogP contribution < -0.4 is 4.90 Å². The van der Waals surface area contributed by atoms with E-state index in [1.165, 1.54) is 11.8 Å². The number of anilines is 1. The highest BCUT2D eigenvalue weighted by Gasteiger charge is 2.25. The fourth-order valence-corrected chi connectivity index (χ4v) is 2.30. The quantitative estimate of drug-likeness (QED) is 0.852. The van der Waals surface area contributed by atoms with Crippen LogP contribution in [0.4, 0.5) is 5.82 Å². The molecule has 0 spiro atoms. The van der Waals surface area contributed by atoms with Gasteiger partial charge in [0.1, 0.15) is 17.6 Å². The first-order valence-electron chi connectivity index (χ1n) is 6.15. The minimum atomic E-state index is -0.261. The molecule has 0 aliphatic carbocycles. The maximum atomic E-state index is 7.42. The van der Waals surface area contributed by atoms with Crippen molar-refractivity contribution in [2.45, 2.75) is 12.6 Å². The Balaban J connectivity index is 1.95. The second kappa shape index (κ2) is 4.68. The van der Waals surface area contributed by atoms with Crippen molar-refractivity contribution in [2.24, 2.45) is 12.0 Å². The molecule has 0 amide bonds. The van der Waals surface area contributed by atoms with E-state index in [1.807, 2.05) is 29.8 Å². The van der Waals surface area contributed by atoms with Gasteiger partial charge in [-0.1, -0.05) is 30.3 Å². The summed E-state index contributed by atoms with van der Waals surface area (Å²) in [6.45, 7) is 0.752. The number of rotatable bonds is 3. The van der Waals surface area contributed by atoms with E-state index in [-0.39, 0.29) is 6.04 Å². The second-order valence-corrected chi connectivity index (χ2v) is 4.55. The van der Waals surface area contributed by atoms with E-state index in [2.05, 4.69) is 27.0 Å². The van der Waals surface area contributed by atoms with Crippen LogP contribution in [0.2, 0.25) is 0 Å². The third kappa shape index (κ3) is 2.03. The van der Waals surface area contributed by atoms with Crippen molar-refractivity contribution in [2.75, 3.05) is 4.90 Å². The summed E-state index contributed by atoms with van der Waals surface area (Å²) < 4.78 is 1.97. The number of aliphatic imine (C=N–C) groups is 1. The molecule has 5 nitrogen and oxygen atoms in total. The van der Waals surface area contributed by atoms with Crippen LogP contribution in [-0.4, -0.2) is 22.1 Å². The number of aromatic nitrogens is 2. The van der Waals surface area contributed by atoms with Crippen LogP contribution >= 0.6 is 0 Å². The monoisotopic (exact) mass is 253 g/mol. The molecule has 2 heterocycles. The summed E-state index contributed by atoms with van der Waals surface area (Å²) in [4.78, 5) is 10.8. The normalized spacial score (nSPS) is 17.3. The van der Waals surface area contributed by atoms with Crippen LogP contribution in [0.1, 0.15) is 17.3 Å². The van der Waals surface area contributed by atoms with Gasteiger partial charge in [-0.05, 0) is 5.56 Å². The topological polar surface area (TPSA) is 57.3 Å². The molecular weight excluding hydrogens is 238 g/mol. The maximum Gasteiger partial charge on any atom is 0.139 e. The molecule has 1 atom stereocenters. The number of hydrogen-bond acceptors (Lipinski definition) is 4. The van der Waals surface area contributed by atoms with E-state index in [9.17, 15) is 0 Å². The first kappa shape index (κ1) is 11.6. The van der Waals surface area contributed by atoms with Crippen LogP contribution in [0.25, 0.3) is 0 Å². The van der Waals surface area contributed by atoms with Gasteiger partial charge in [0.25, 0.3) is 0 Å². The summed E-state index contributed by atoms with van der Waals surface area (Å²) >= 11 is 0. The van der Waals surface area contributed by atoms with E-state index < -0.39 is 0 Å². The zero-order valence-corrected chi connectivity index (χ0v) is 10.7. The number of hydrogen-bond donors (Lipinski definition) is 1. The molecule has 0 fully saturated rings. The lowest BCUT2D eigenvalue weighted by Crippen LogP contribution is -2.28. The number of imidazole rings is 1. The largest absolute Gasteiger partial charge is 0.320 e. The Morgan fingerprint density at radius 1 is 1.32 bits per heavy atom. The lowest BCUT2D eigenvalue weighted by molar-refractivity contribution is 0.828. The van der Waals surface area contributed by atoms with E-state index in [1.54, 1.807) is 12.7 Å². The van der Waals surface area contributed by atoms with Gasteiger partial charge in [-0.3, -0.25) is 4.99 Å². The molecule has 1 aromatic carbocycles. The highest BCUT2D eigenvalue weighted by molar-refractivity contribution is 5.85. The Hall–Kier alpha value is -2.43. The van der Waals surface area contributed by atoms with Crippen molar-refractivity contribution < 1.29 is 0 Å². The van der Waals surface area contributed by atoms with Gasteiger partial charge in [-0.2, -0.15) is 0 Å². The average Bonchev–Trinajstić information content (AvgIpc) is 2.83. The molecule has 3 rings (SSSR count). The van der Waals surface area contributed by atoms with Gasteiger partial charge in [0.2, 0.25) is 0 Å². The Kier molecular flexibility index (Phi) is 2.87. The van der Waals surface area contributed by atoms with Crippen LogP contribution in [0.15, 0.2) is 41.7 Å². The van der Waals surface area contributed by atoms with E-state index in [0.717, 1.165) is 18.1 Å². The van der Waals surface area contributed by atoms with Crippen molar-refractivity contribution in [3.8, 4) is 0 Å². The molecule has 1 aromatic heterocycles. The summed E-state index contributed by atoms with van der Waals surface area (Å²) in [5.74, 6) is 1.01. The third-order valence-electron chi connectivity index (χ3n) is 3.21. The second-order valence-electron chi connectivity index (χ2n) is 4.55. The van der Waals surface area contributed by atoms with Gasteiger partial charge in [-0.15, -0.1) is 0 Å². The van der Waals surface area contributed by atoms with Crippen LogP contribution in [0.3, 0.4) is 0 Å². The molecule has 96 valence electrons. The fraction of sp³-hybridized carbons (Fsp3) is 0.214. The van der Waals surface area contributed by atoms with Crippen LogP contribution in [-0.2, 0) is 13.6 Å². The minimum Gasteiger partial charge on any atom is -0.320 e. The summed E-state index contributed by atoms with van der Waals surface area (Å²) in [5, 5.41) is 7.42. The highest BCUT2D eigenvalue weighted by Crippen LogP contribution is 2.30. The van der Waals surface area contributed by atoms with Crippen molar-refractivity contribution in [1.82, 2.24) is 9.55 Å². The Morgan fingerprint density at radius 2 is 2.11 bits per heavy atom. The fourth-order valence-electron chi connectivity index (χ4n) is 2.30. The van der Waals surface area contributed by atoms with Crippen molar-refractivity contribution in [3.63, 3.8) is 0 Å². The number of nitrogens with one attached hydrogen (secondary N) is 1. The number of nitrogens with zero attached hydrogens (tertiary/aromatic N) is 4. The van der Waals surface area contributed by atoms with Gasteiger partial charge in [0.05, 0.1) is 19.2 Å². The van der Waals surface area contributed by atoms with E-state index >= 15 is 0 Å². The number of benzene rings is 1. The van der Waals surface area contributed by atoms with Gasteiger partial charge < -0.3 is 14.9 Å². The number of aryl methyl sites for hydroxylation is 1. The molecule has 1 aliphatic rings. The summed E-state index contributed by atoms with van der Waals surface area (Å²) in [6.07, 6.45) is 4.89. The number of fused-ring (bicyclic) bond motifs is 1. The molecule has 5 heteroatoms. The molecule has 19 heavy (non-hydrogen) atoms. The molecule has 0 saturated heterocycles. The van der Waals surface area contributed by atoms with Gasteiger partial charge in [0.15, 0.2) is 0 Å². The zero-order valence-electron chi connectivity index (χ0n) is 10.7. The minimum absolute atomic E-state index is 0.261. The molecule has 0 saturated carbocycles. The van der Waals surface area contributed by atoms with E-state index in [0.29, 0.717) is 0 Å². The Labute approximate surface area is 111 Å². The SMILES string of the molecule is Cn1cnc2c1N(Cc1ccccc1)C=NC2C=N. The van der Waals surface area contributed by atoms with Crippen molar-refractivity contribution in [1.29, 1.82) is 5.41 Å². The lowest BCUT2D eigenvalue weighted by Gasteiger charge is -2.26. The van der Waals surface area contributed by atoms with Crippen LogP contribution in [0.5, 0.6) is 0 Å². The highest BCUT2D eigenvalue weighted by atomic mass is 15.3.